The topological polar surface area (TPSA) is 80.2 Å². The Balaban J connectivity index is 1.80. The maximum atomic E-state index is 11.3. The van der Waals surface area contributed by atoms with Crippen molar-refractivity contribution in [2.24, 2.45) is 5.10 Å². The van der Waals surface area contributed by atoms with Gasteiger partial charge in [-0.25, -0.2) is 4.79 Å². The Morgan fingerprint density at radius 1 is 1.14 bits per heavy atom. The molecule has 0 amide bonds. The molecule has 0 aromatic heterocycles. The Morgan fingerprint density at radius 3 is 2.69 bits per heavy atom. The molecule has 0 fully saturated rings. The van der Waals surface area contributed by atoms with E-state index in [2.05, 4.69) is 10.5 Å². The molecule has 0 atom stereocenters. The molecular weight excluding hydrogens is 392 g/mol. The molecule has 2 N–H and O–H groups in total. The highest BCUT2D eigenvalue weighted by Crippen LogP contribution is 2.31. The van der Waals surface area contributed by atoms with E-state index in [9.17, 15) is 9.90 Å². The van der Waals surface area contributed by atoms with Gasteiger partial charge in [-0.3, -0.25) is 5.43 Å². The van der Waals surface area contributed by atoms with E-state index in [1.165, 1.54) is 6.07 Å². The summed E-state index contributed by atoms with van der Waals surface area (Å²) in [6, 6.07) is 19.4. The van der Waals surface area contributed by atoms with Crippen LogP contribution in [0.15, 0.2) is 71.8 Å². The molecule has 0 spiro atoms. The largest absolute Gasteiger partial charge is 0.493 e. The Morgan fingerprint density at radius 2 is 1.93 bits per heavy atom. The van der Waals surface area contributed by atoms with E-state index in [1.54, 1.807) is 43.7 Å². The van der Waals surface area contributed by atoms with Crippen LogP contribution in [0.2, 0.25) is 5.02 Å². The average molecular weight is 411 g/mol. The summed E-state index contributed by atoms with van der Waals surface area (Å²) in [5.74, 6) is 0.0455. The molecule has 148 valence electrons. The zero-order valence-electron chi connectivity index (χ0n) is 15.6. The second kappa shape index (κ2) is 9.61. The van der Waals surface area contributed by atoms with Gasteiger partial charge < -0.3 is 14.6 Å². The Hall–Kier alpha value is -3.51. The van der Waals surface area contributed by atoms with Crippen LogP contribution in [-0.4, -0.2) is 24.4 Å². The molecule has 3 rings (SSSR count). The van der Waals surface area contributed by atoms with Gasteiger partial charge in [0.05, 0.1) is 24.6 Å². The predicted molar refractivity (Wildman–Crippen MR) is 113 cm³/mol. The summed E-state index contributed by atoms with van der Waals surface area (Å²) in [4.78, 5) is 11.3. The highest BCUT2D eigenvalue weighted by atomic mass is 35.5. The van der Waals surface area contributed by atoms with Gasteiger partial charge in [0.1, 0.15) is 6.61 Å². The summed E-state index contributed by atoms with van der Waals surface area (Å²) < 4.78 is 11.4. The molecule has 3 aromatic rings. The van der Waals surface area contributed by atoms with Crippen LogP contribution < -0.4 is 14.9 Å². The number of nitrogens with one attached hydrogen (secondary N) is 1. The second-order valence-corrected chi connectivity index (χ2v) is 6.45. The zero-order chi connectivity index (χ0) is 20.6. The average Bonchev–Trinajstić information content (AvgIpc) is 2.73. The third-order valence-electron chi connectivity index (χ3n) is 4.05. The lowest BCUT2D eigenvalue weighted by atomic mass is 10.2. The highest BCUT2D eigenvalue weighted by molar-refractivity contribution is 6.30. The number of halogens is 1. The minimum atomic E-state index is -1.03. The second-order valence-electron chi connectivity index (χ2n) is 6.02. The number of hydrogen-bond acceptors (Lipinski definition) is 5. The zero-order valence-corrected chi connectivity index (χ0v) is 16.4. The van der Waals surface area contributed by atoms with Crippen molar-refractivity contribution in [3.05, 3.63) is 88.4 Å². The van der Waals surface area contributed by atoms with Crippen molar-refractivity contribution in [1.82, 2.24) is 0 Å². The van der Waals surface area contributed by atoms with E-state index >= 15 is 0 Å². The maximum absolute atomic E-state index is 11.3. The van der Waals surface area contributed by atoms with E-state index < -0.39 is 5.97 Å². The number of nitrogens with zero attached hydrogens (tertiary/aromatic N) is 1. The van der Waals surface area contributed by atoms with Crippen molar-refractivity contribution >= 4 is 29.5 Å². The normalized spacial score (nSPS) is 10.7. The highest BCUT2D eigenvalue weighted by Gasteiger charge is 2.11. The van der Waals surface area contributed by atoms with E-state index in [4.69, 9.17) is 21.1 Å². The number of hydrazone groups is 1. The van der Waals surface area contributed by atoms with Crippen molar-refractivity contribution in [1.29, 1.82) is 0 Å². The van der Waals surface area contributed by atoms with Gasteiger partial charge in [0.25, 0.3) is 0 Å². The molecule has 7 heteroatoms. The fourth-order valence-corrected chi connectivity index (χ4v) is 2.88. The minimum Gasteiger partial charge on any atom is -0.493 e. The number of rotatable bonds is 8. The number of anilines is 1. The van der Waals surface area contributed by atoms with E-state index in [0.717, 1.165) is 5.56 Å². The number of aromatic carboxylic acids is 1. The van der Waals surface area contributed by atoms with Gasteiger partial charge in [-0.2, -0.15) is 5.10 Å². The molecule has 0 aliphatic carbocycles. The number of hydrogen-bond donors (Lipinski definition) is 2. The number of carboxylic acid groups (broad SMARTS) is 1. The lowest BCUT2D eigenvalue weighted by Crippen LogP contribution is -2.03. The monoisotopic (exact) mass is 410 g/mol. The molecule has 0 aliphatic heterocycles. The van der Waals surface area contributed by atoms with Crippen molar-refractivity contribution < 1.29 is 19.4 Å². The van der Waals surface area contributed by atoms with Crippen LogP contribution in [0.3, 0.4) is 0 Å². The van der Waals surface area contributed by atoms with Gasteiger partial charge in [0.15, 0.2) is 11.5 Å². The lowest BCUT2D eigenvalue weighted by molar-refractivity contribution is 0.0698. The van der Waals surface area contributed by atoms with Crippen LogP contribution in [0.25, 0.3) is 0 Å². The molecule has 0 radical (unpaired) electrons. The van der Waals surface area contributed by atoms with Crippen LogP contribution in [0.5, 0.6) is 11.5 Å². The van der Waals surface area contributed by atoms with Gasteiger partial charge in [-0.1, -0.05) is 41.9 Å². The third kappa shape index (κ3) is 5.27. The molecule has 0 saturated heterocycles. The summed E-state index contributed by atoms with van der Waals surface area (Å²) in [6.45, 7) is 0.303. The quantitative estimate of drug-likeness (QED) is 0.400. The number of carboxylic acids is 1. The van der Waals surface area contributed by atoms with E-state index in [1.807, 2.05) is 30.3 Å². The molecule has 0 heterocycles. The van der Waals surface area contributed by atoms with Gasteiger partial charge in [-0.05, 0) is 42.0 Å². The predicted octanol–water partition coefficient (Wildman–Crippen LogP) is 5.07. The number of carbonyl (C=O) groups is 1. The van der Waals surface area contributed by atoms with Crippen molar-refractivity contribution in [3.63, 3.8) is 0 Å². The van der Waals surface area contributed by atoms with Crippen molar-refractivity contribution in [2.45, 2.75) is 6.61 Å². The fraction of sp³-hybridized carbons (Fsp3) is 0.0909. The third-order valence-corrected chi connectivity index (χ3v) is 4.28. The van der Waals surface area contributed by atoms with Crippen LogP contribution in [0.4, 0.5) is 5.69 Å². The van der Waals surface area contributed by atoms with Gasteiger partial charge in [0, 0.05) is 10.6 Å². The van der Waals surface area contributed by atoms with Crippen molar-refractivity contribution in [3.8, 4) is 11.5 Å². The summed E-state index contributed by atoms with van der Waals surface area (Å²) in [5, 5.41) is 14.1. The summed E-state index contributed by atoms with van der Waals surface area (Å²) in [6.07, 6.45) is 1.55. The summed E-state index contributed by atoms with van der Waals surface area (Å²) in [7, 11) is 1.56. The van der Waals surface area contributed by atoms with Gasteiger partial charge >= 0.3 is 5.97 Å². The number of para-hydroxylation sites is 2. The molecule has 0 saturated carbocycles. The first-order valence-electron chi connectivity index (χ1n) is 8.74. The molecule has 0 aliphatic rings. The molecular formula is C22H19ClN2O4. The smallest absolute Gasteiger partial charge is 0.337 e. The van der Waals surface area contributed by atoms with E-state index in [0.29, 0.717) is 34.4 Å². The maximum Gasteiger partial charge on any atom is 0.337 e. The first kappa shape index (κ1) is 20.2. The van der Waals surface area contributed by atoms with Crippen LogP contribution in [0.1, 0.15) is 21.5 Å². The lowest BCUT2D eigenvalue weighted by Gasteiger charge is -2.13. The number of ether oxygens (including phenoxy) is 2. The first-order chi connectivity index (χ1) is 14.1. The van der Waals surface area contributed by atoms with Crippen molar-refractivity contribution in [2.75, 3.05) is 12.5 Å². The fourth-order valence-electron chi connectivity index (χ4n) is 2.67. The molecule has 0 unspecified atom stereocenters. The standard InChI is InChI=1S/C22H19ClN2O4/c1-28-20-11-5-7-16(21(20)29-14-15-6-4-8-17(23)12-15)13-24-25-19-10-3-2-9-18(19)22(26)27/h2-13,25H,14H2,1H3,(H,26,27)/b24-13+. The minimum absolute atomic E-state index is 0.132. The number of methoxy groups -OCH3 is 1. The van der Waals surface area contributed by atoms with Gasteiger partial charge in [-0.15, -0.1) is 0 Å². The van der Waals surface area contributed by atoms with Crippen LogP contribution in [0, 0.1) is 0 Å². The SMILES string of the molecule is COc1cccc(/C=N/Nc2ccccc2C(=O)O)c1OCc1cccc(Cl)c1. The molecule has 29 heavy (non-hydrogen) atoms. The summed E-state index contributed by atoms with van der Waals surface area (Å²) >= 11 is 6.03. The Labute approximate surface area is 173 Å². The Bertz CT molecular complexity index is 1040. The molecule has 6 nitrogen and oxygen atoms in total. The van der Waals surface area contributed by atoms with Crippen LogP contribution in [-0.2, 0) is 6.61 Å². The van der Waals surface area contributed by atoms with Crippen LogP contribution >= 0.6 is 11.6 Å². The Kier molecular flexibility index (Phi) is 6.71. The van der Waals surface area contributed by atoms with E-state index in [-0.39, 0.29) is 5.56 Å². The number of benzene rings is 3. The van der Waals surface area contributed by atoms with Gasteiger partial charge in [0.2, 0.25) is 0 Å². The molecule has 3 aromatic carbocycles. The summed E-state index contributed by atoms with van der Waals surface area (Å²) in [5.41, 5.74) is 4.87. The first-order valence-corrected chi connectivity index (χ1v) is 9.12. The molecule has 0 bridgehead atoms.